The number of amides is 2. The van der Waals surface area contributed by atoms with Crippen LogP contribution in [0.4, 0.5) is 5.13 Å². The number of carbonyl (C=O) groups excluding carboxylic acids is 2. The van der Waals surface area contributed by atoms with Crippen LogP contribution in [0.15, 0.2) is 22.5 Å². The van der Waals surface area contributed by atoms with Gasteiger partial charge in [0.2, 0.25) is 11.8 Å². The van der Waals surface area contributed by atoms with E-state index in [-0.39, 0.29) is 24.1 Å². The Morgan fingerprint density at radius 3 is 2.92 bits per heavy atom. The van der Waals surface area contributed by atoms with Crippen molar-refractivity contribution in [1.82, 2.24) is 9.97 Å². The molecule has 2 heterocycles. The van der Waals surface area contributed by atoms with E-state index < -0.39 is 5.91 Å². The summed E-state index contributed by atoms with van der Waals surface area (Å²) >= 11 is 2.58. The summed E-state index contributed by atoms with van der Waals surface area (Å²) in [4.78, 5) is 31.7. The van der Waals surface area contributed by atoms with Crippen molar-refractivity contribution in [1.29, 1.82) is 0 Å². The summed E-state index contributed by atoms with van der Waals surface area (Å²) in [6, 6.07) is 3.27. The number of ether oxygens (including phenoxy) is 2. The van der Waals surface area contributed by atoms with Crippen LogP contribution < -0.4 is 15.8 Å². The molecule has 8 nitrogen and oxygen atoms in total. The third kappa shape index (κ3) is 5.69. The zero-order chi connectivity index (χ0) is 18.2. The number of thiazole rings is 1. The molecule has 0 radical (unpaired) electrons. The zero-order valence-electron chi connectivity index (χ0n) is 13.8. The Bertz CT molecular complexity index is 751. The topological polar surface area (TPSA) is 116 Å². The Hall–Kier alpha value is -2.17. The molecule has 10 heteroatoms. The molecule has 134 valence electrons. The summed E-state index contributed by atoms with van der Waals surface area (Å²) in [5.74, 6) is -0.387. The van der Waals surface area contributed by atoms with Crippen LogP contribution in [0.25, 0.3) is 0 Å². The van der Waals surface area contributed by atoms with Crippen molar-refractivity contribution in [2.45, 2.75) is 11.1 Å². The average molecular weight is 382 g/mol. The van der Waals surface area contributed by atoms with Gasteiger partial charge in [0.1, 0.15) is 12.2 Å². The molecule has 0 spiro atoms. The van der Waals surface area contributed by atoms with Gasteiger partial charge in [-0.15, -0.1) is 11.8 Å². The molecule has 0 saturated heterocycles. The first-order chi connectivity index (χ1) is 12.0. The molecule has 0 aromatic carbocycles. The maximum absolute atomic E-state index is 12.5. The van der Waals surface area contributed by atoms with Crippen LogP contribution in [0, 0.1) is 6.92 Å². The normalized spacial score (nSPS) is 10.5. The van der Waals surface area contributed by atoms with Gasteiger partial charge in [0.05, 0.1) is 22.3 Å². The van der Waals surface area contributed by atoms with Crippen molar-refractivity contribution < 1.29 is 19.1 Å². The summed E-state index contributed by atoms with van der Waals surface area (Å²) in [6.07, 6.45) is 1.55. The molecular weight excluding hydrogens is 364 g/mol. The minimum absolute atomic E-state index is 0.163. The number of thioether (sulfide) groups is 1. The maximum atomic E-state index is 12.5. The summed E-state index contributed by atoms with van der Waals surface area (Å²) in [5, 5.41) is 3.16. The number of aryl methyl sites for hydroxylation is 1. The standard InChI is InChI=1S/C15H18N4O4S2/c1-9-14(24-8-11(16)20)25-15(18-9)19-12(21)10-4-3-5-17-13(10)23-7-6-22-2/h3-5H,6-8H2,1-2H3,(H2,16,20)(H,18,19,21). The third-order valence-electron chi connectivity index (χ3n) is 2.86. The molecule has 2 aromatic rings. The number of pyridine rings is 1. The highest BCUT2D eigenvalue weighted by molar-refractivity contribution is 8.01. The molecule has 2 amide bonds. The van der Waals surface area contributed by atoms with Gasteiger partial charge in [-0.3, -0.25) is 14.9 Å². The van der Waals surface area contributed by atoms with Gasteiger partial charge in [0.15, 0.2) is 5.13 Å². The van der Waals surface area contributed by atoms with Gasteiger partial charge in [-0.05, 0) is 19.1 Å². The van der Waals surface area contributed by atoms with Gasteiger partial charge in [-0.25, -0.2) is 9.97 Å². The summed E-state index contributed by atoms with van der Waals surface area (Å²) in [7, 11) is 1.56. The number of hydrogen-bond acceptors (Lipinski definition) is 8. The van der Waals surface area contributed by atoms with Crippen LogP contribution in [0.1, 0.15) is 16.1 Å². The smallest absolute Gasteiger partial charge is 0.262 e. The lowest BCUT2D eigenvalue weighted by atomic mass is 10.2. The van der Waals surface area contributed by atoms with E-state index in [0.29, 0.717) is 17.3 Å². The molecule has 0 unspecified atom stereocenters. The molecule has 3 N–H and O–H groups in total. The van der Waals surface area contributed by atoms with E-state index in [0.717, 1.165) is 9.90 Å². The first-order valence-corrected chi connectivity index (χ1v) is 9.08. The number of nitrogens with one attached hydrogen (secondary N) is 1. The minimum atomic E-state index is -0.406. The lowest BCUT2D eigenvalue weighted by Gasteiger charge is -2.09. The molecule has 0 atom stereocenters. The van der Waals surface area contributed by atoms with Gasteiger partial charge in [0, 0.05) is 13.3 Å². The van der Waals surface area contributed by atoms with E-state index in [4.69, 9.17) is 15.2 Å². The minimum Gasteiger partial charge on any atom is -0.475 e. The van der Waals surface area contributed by atoms with Crippen LogP contribution in [0.3, 0.4) is 0 Å². The molecule has 2 rings (SSSR count). The number of carbonyl (C=O) groups is 2. The zero-order valence-corrected chi connectivity index (χ0v) is 15.4. The highest BCUT2D eigenvalue weighted by atomic mass is 32.2. The molecule has 25 heavy (non-hydrogen) atoms. The van der Waals surface area contributed by atoms with Crippen molar-refractivity contribution in [3.63, 3.8) is 0 Å². The number of nitrogens with two attached hydrogens (primary N) is 1. The van der Waals surface area contributed by atoms with Crippen LogP contribution in [0.2, 0.25) is 0 Å². The molecule has 0 bridgehead atoms. The van der Waals surface area contributed by atoms with Gasteiger partial charge in [-0.1, -0.05) is 11.3 Å². The monoisotopic (exact) mass is 382 g/mol. The first kappa shape index (κ1) is 19.2. The largest absolute Gasteiger partial charge is 0.475 e. The number of rotatable bonds is 9. The van der Waals surface area contributed by atoms with Crippen molar-refractivity contribution in [2.24, 2.45) is 5.73 Å². The molecule has 2 aromatic heterocycles. The summed E-state index contributed by atoms with van der Waals surface area (Å²) in [6.45, 7) is 2.49. The predicted molar refractivity (Wildman–Crippen MR) is 96.3 cm³/mol. The molecule has 0 aliphatic heterocycles. The molecular formula is C15H18N4O4S2. The van der Waals surface area contributed by atoms with E-state index in [1.807, 2.05) is 0 Å². The van der Waals surface area contributed by atoms with Crippen LogP contribution in [0.5, 0.6) is 5.88 Å². The molecule has 0 aliphatic carbocycles. The van der Waals surface area contributed by atoms with E-state index in [9.17, 15) is 9.59 Å². The van der Waals surface area contributed by atoms with E-state index in [1.54, 1.807) is 32.4 Å². The van der Waals surface area contributed by atoms with Gasteiger partial charge in [0.25, 0.3) is 5.91 Å². The van der Waals surface area contributed by atoms with E-state index >= 15 is 0 Å². The van der Waals surface area contributed by atoms with Crippen molar-refractivity contribution in [2.75, 3.05) is 31.4 Å². The fourth-order valence-corrected chi connectivity index (χ4v) is 3.64. The van der Waals surface area contributed by atoms with E-state index in [1.165, 1.54) is 23.1 Å². The van der Waals surface area contributed by atoms with E-state index in [2.05, 4.69) is 15.3 Å². The van der Waals surface area contributed by atoms with Crippen LogP contribution >= 0.6 is 23.1 Å². The Balaban J connectivity index is 2.07. The van der Waals surface area contributed by atoms with Gasteiger partial charge >= 0.3 is 0 Å². The third-order valence-corrected chi connectivity index (χ3v) is 5.32. The average Bonchev–Trinajstić information content (AvgIpc) is 2.93. The SMILES string of the molecule is COCCOc1ncccc1C(=O)Nc1nc(C)c(SCC(N)=O)s1. The first-order valence-electron chi connectivity index (χ1n) is 7.28. The Morgan fingerprint density at radius 2 is 2.20 bits per heavy atom. The number of nitrogens with zero attached hydrogens (tertiary/aromatic N) is 2. The number of hydrogen-bond donors (Lipinski definition) is 2. The molecule has 0 fully saturated rings. The number of primary amides is 1. The number of anilines is 1. The van der Waals surface area contributed by atoms with Crippen molar-refractivity contribution in [3.05, 3.63) is 29.6 Å². The fourth-order valence-electron chi connectivity index (χ4n) is 1.77. The Labute approximate surface area is 153 Å². The second-order valence-corrected chi connectivity index (χ2v) is 7.04. The summed E-state index contributed by atoms with van der Waals surface area (Å²) in [5.41, 5.74) is 6.18. The van der Waals surface area contributed by atoms with Crippen LogP contribution in [-0.2, 0) is 9.53 Å². The predicted octanol–water partition coefficient (Wildman–Crippen LogP) is 1.70. The molecule has 0 saturated carbocycles. The van der Waals surface area contributed by atoms with Gasteiger partial charge in [-0.2, -0.15) is 0 Å². The second kappa shape index (κ2) is 9.35. The molecule has 0 aliphatic rings. The Kier molecular flexibility index (Phi) is 7.16. The number of methoxy groups -OCH3 is 1. The summed E-state index contributed by atoms with van der Waals surface area (Å²) < 4.78 is 11.2. The lowest BCUT2D eigenvalue weighted by Crippen LogP contribution is -2.15. The number of aromatic nitrogens is 2. The highest BCUT2D eigenvalue weighted by Gasteiger charge is 2.17. The fraction of sp³-hybridized carbons (Fsp3) is 0.333. The maximum Gasteiger partial charge on any atom is 0.262 e. The van der Waals surface area contributed by atoms with Crippen LogP contribution in [-0.4, -0.2) is 47.9 Å². The van der Waals surface area contributed by atoms with Gasteiger partial charge < -0.3 is 15.2 Å². The quantitative estimate of drug-likeness (QED) is 0.501. The second-order valence-electron chi connectivity index (χ2n) is 4.80. The van der Waals surface area contributed by atoms with Crippen molar-refractivity contribution >= 4 is 40.0 Å². The highest BCUT2D eigenvalue weighted by Crippen LogP contribution is 2.32. The lowest BCUT2D eigenvalue weighted by molar-refractivity contribution is -0.115. The Morgan fingerprint density at radius 1 is 1.40 bits per heavy atom. The van der Waals surface area contributed by atoms with Crippen molar-refractivity contribution in [3.8, 4) is 5.88 Å².